The van der Waals surface area contributed by atoms with Crippen molar-refractivity contribution in [2.24, 2.45) is 5.73 Å². The number of hydrogen-bond donors (Lipinski definition) is 1. The number of amides is 2. The maximum absolute atomic E-state index is 14.0. The minimum Gasteiger partial charge on any atom is -0.362 e. The molecule has 0 saturated carbocycles. The van der Waals surface area contributed by atoms with E-state index in [0.29, 0.717) is 18.7 Å². The maximum atomic E-state index is 14.0. The van der Waals surface area contributed by atoms with Gasteiger partial charge in [0.2, 0.25) is 0 Å². The summed E-state index contributed by atoms with van der Waals surface area (Å²) in [5, 5.41) is 0. The third-order valence-electron chi connectivity index (χ3n) is 5.80. The lowest BCUT2D eigenvalue weighted by atomic mass is 9.93. The van der Waals surface area contributed by atoms with Crippen LogP contribution in [-0.2, 0) is 17.5 Å². The first-order chi connectivity index (χ1) is 13.8. The predicted octanol–water partition coefficient (Wildman–Crippen LogP) is 5.57. The lowest BCUT2D eigenvalue weighted by Gasteiger charge is -2.53. The number of benzene rings is 2. The van der Waals surface area contributed by atoms with Gasteiger partial charge < -0.3 is 10.5 Å². The van der Waals surface area contributed by atoms with Crippen molar-refractivity contribution in [3.63, 3.8) is 0 Å². The number of likely N-dealkylation sites (tertiary alicyclic amines) is 1. The number of halogens is 4. The van der Waals surface area contributed by atoms with Gasteiger partial charge in [-0.05, 0) is 72.2 Å². The Hall–Kier alpha value is -1.65. The molecule has 8 heteroatoms. The lowest BCUT2D eigenvalue weighted by Crippen LogP contribution is -2.77. The molecule has 4 nitrogen and oxygen atoms in total. The van der Waals surface area contributed by atoms with Gasteiger partial charge in [-0.25, -0.2) is 9.28 Å². The number of alkyl halides is 3. The number of quaternary nitrogens is 1. The highest BCUT2D eigenvalue weighted by atomic mass is 127. The Morgan fingerprint density at radius 3 is 2.23 bits per heavy atom. The van der Waals surface area contributed by atoms with Crippen molar-refractivity contribution < 1.29 is 27.2 Å². The SMILES string of the molecule is CC(C)(C)[N+]1(C(N)=O)CC(OCc2cccc(-c3ccc(I)cc3)c2C(F)(F)F)C1. The molecule has 2 N–H and O–H groups in total. The van der Waals surface area contributed by atoms with Crippen molar-refractivity contribution in [3.8, 4) is 11.1 Å². The molecule has 0 radical (unpaired) electrons. The molecule has 0 bridgehead atoms. The van der Waals surface area contributed by atoms with Crippen molar-refractivity contribution in [2.75, 3.05) is 13.1 Å². The number of ether oxygens (including phenoxy) is 1. The zero-order chi connectivity index (χ0) is 22.3. The van der Waals surface area contributed by atoms with Crippen LogP contribution in [-0.4, -0.2) is 35.2 Å². The van der Waals surface area contributed by atoms with E-state index in [1.54, 1.807) is 30.3 Å². The molecule has 2 amide bonds. The molecule has 0 atom stereocenters. The van der Waals surface area contributed by atoms with E-state index >= 15 is 0 Å². The molecule has 2 aromatic rings. The number of hydrogen-bond acceptors (Lipinski definition) is 2. The van der Waals surface area contributed by atoms with Crippen LogP contribution in [0.3, 0.4) is 0 Å². The van der Waals surface area contributed by atoms with Crippen molar-refractivity contribution in [3.05, 3.63) is 57.2 Å². The molecule has 0 aliphatic carbocycles. The van der Waals surface area contributed by atoms with Gasteiger partial charge in [-0.15, -0.1) is 0 Å². The van der Waals surface area contributed by atoms with Crippen LogP contribution >= 0.6 is 22.6 Å². The van der Waals surface area contributed by atoms with Crippen LogP contribution in [0.25, 0.3) is 11.1 Å². The number of nitrogens with zero attached hydrogens (tertiary/aromatic N) is 1. The largest absolute Gasteiger partial charge is 0.417 e. The third-order valence-corrected chi connectivity index (χ3v) is 6.52. The second kappa shape index (κ2) is 8.12. The first-order valence-electron chi connectivity index (χ1n) is 9.59. The molecule has 162 valence electrons. The van der Waals surface area contributed by atoms with Crippen LogP contribution in [0.5, 0.6) is 0 Å². The van der Waals surface area contributed by atoms with E-state index in [0.717, 1.165) is 3.57 Å². The molecule has 1 aliphatic rings. The van der Waals surface area contributed by atoms with Crippen molar-refractivity contribution >= 4 is 28.6 Å². The Morgan fingerprint density at radius 1 is 1.13 bits per heavy atom. The monoisotopic (exact) mass is 533 g/mol. The fourth-order valence-corrected chi connectivity index (χ4v) is 4.30. The first kappa shape index (κ1) is 23.0. The topological polar surface area (TPSA) is 52.3 Å². The Labute approximate surface area is 187 Å². The Morgan fingerprint density at radius 2 is 1.73 bits per heavy atom. The zero-order valence-electron chi connectivity index (χ0n) is 17.1. The lowest BCUT2D eigenvalue weighted by molar-refractivity contribution is -0.941. The quantitative estimate of drug-likeness (QED) is 0.413. The van der Waals surface area contributed by atoms with E-state index in [4.69, 9.17) is 10.5 Å². The number of rotatable bonds is 4. The Bertz CT molecular complexity index is 931. The predicted molar refractivity (Wildman–Crippen MR) is 118 cm³/mol. The van der Waals surface area contributed by atoms with Gasteiger partial charge in [-0.2, -0.15) is 13.2 Å². The molecule has 1 saturated heterocycles. The van der Waals surface area contributed by atoms with Crippen LogP contribution in [0, 0.1) is 3.57 Å². The van der Waals surface area contributed by atoms with E-state index < -0.39 is 23.3 Å². The molecule has 0 unspecified atom stereocenters. The number of carbonyl (C=O) groups excluding carboxylic acids is 1. The van der Waals surface area contributed by atoms with Crippen molar-refractivity contribution in [1.29, 1.82) is 0 Å². The summed E-state index contributed by atoms with van der Waals surface area (Å²) in [5.41, 5.74) is 5.23. The average molecular weight is 533 g/mol. The summed E-state index contributed by atoms with van der Waals surface area (Å²) in [6.45, 7) is 6.29. The Kier molecular flexibility index (Phi) is 6.23. The highest BCUT2D eigenvalue weighted by molar-refractivity contribution is 14.1. The molecule has 2 aromatic carbocycles. The van der Waals surface area contributed by atoms with Gasteiger partial charge >= 0.3 is 12.2 Å². The molecule has 3 rings (SSSR count). The smallest absolute Gasteiger partial charge is 0.362 e. The molecule has 0 aromatic heterocycles. The third kappa shape index (κ3) is 4.36. The number of carbonyl (C=O) groups is 1. The van der Waals surface area contributed by atoms with Crippen LogP contribution < -0.4 is 5.73 Å². The summed E-state index contributed by atoms with van der Waals surface area (Å²) in [6, 6.07) is 11.0. The molecule has 0 spiro atoms. The summed E-state index contributed by atoms with van der Waals surface area (Å²) in [4.78, 5) is 12.0. The van der Waals surface area contributed by atoms with E-state index in [9.17, 15) is 18.0 Å². The highest BCUT2D eigenvalue weighted by Gasteiger charge is 2.57. The minimum absolute atomic E-state index is 0.0620. The Balaban J connectivity index is 1.83. The van der Waals surface area contributed by atoms with Gasteiger partial charge in [-0.1, -0.05) is 30.3 Å². The van der Waals surface area contributed by atoms with Gasteiger partial charge in [0.25, 0.3) is 0 Å². The molecule has 1 aliphatic heterocycles. The summed E-state index contributed by atoms with van der Waals surface area (Å²) in [6.07, 6.45) is -4.84. The summed E-state index contributed by atoms with van der Waals surface area (Å²) >= 11 is 2.11. The first-order valence-corrected chi connectivity index (χ1v) is 10.7. The van der Waals surface area contributed by atoms with E-state index in [1.807, 2.05) is 20.8 Å². The fourth-order valence-electron chi connectivity index (χ4n) is 3.94. The van der Waals surface area contributed by atoms with Crippen LogP contribution in [0.15, 0.2) is 42.5 Å². The summed E-state index contributed by atoms with van der Waals surface area (Å²) in [5.74, 6) is 0. The second-order valence-corrected chi connectivity index (χ2v) is 9.87. The minimum atomic E-state index is -4.52. The van der Waals surface area contributed by atoms with Gasteiger partial charge in [0.1, 0.15) is 13.1 Å². The van der Waals surface area contributed by atoms with Crippen molar-refractivity contribution in [2.45, 2.75) is 45.2 Å². The highest BCUT2D eigenvalue weighted by Crippen LogP contribution is 2.40. The zero-order valence-corrected chi connectivity index (χ0v) is 19.3. The number of primary amides is 1. The number of urea groups is 1. The average Bonchev–Trinajstić information content (AvgIpc) is 2.58. The van der Waals surface area contributed by atoms with Crippen molar-refractivity contribution in [1.82, 2.24) is 0 Å². The summed E-state index contributed by atoms with van der Waals surface area (Å²) < 4.78 is 48.7. The van der Waals surface area contributed by atoms with Crippen LogP contribution in [0.2, 0.25) is 0 Å². The van der Waals surface area contributed by atoms with Gasteiger partial charge in [0.05, 0.1) is 17.7 Å². The van der Waals surface area contributed by atoms with E-state index in [-0.39, 0.29) is 28.3 Å². The van der Waals surface area contributed by atoms with Crippen LogP contribution in [0.1, 0.15) is 31.9 Å². The van der Waals surface area contributed by atoms with E-state index in [2.05, 4.69) is 22.6 Å². The van der Waals surface area contributed by atoms with Crippen LogP contribution in [0.4, 0.5) is 18.0 Å². The van der Waals surface area contributed by atoms with E-state index in [1.165, 1.54) is 12.1 Å². The second-order valence-electron chi connectivity index (χ2n) is 8.62. The number of nitrogens with two attached hydrogens (primary N) is 1. The molecule has 1 heterocycles. The molecular weight excluding hydrogens is 508 g/mol. The van der Waals surface area contributed by atoms with Gasteiger partial charge in [0.15, 0.2) is 6.10 Å². The molecule has 30 heavy (non-hydrogen) atoms. The fraction of sp³-hybridized carbons (Fsp3) is 0.409. The molecular formula is C22H25F3IN2O2+. The van der Waals surface area contributed by atoms with Gasteiger partial charge in [0, 0.05) is 3.57 Å². The maximum Gasteiger partial charge on any atom is 0.417 e. The van der Waals surface area contributed by atoms with Gasteiger partial charge in [-0.3, -0.25) is 0 Å². The summed E-state index contributed by atoms with van der Waals surface area (Å²) in [7, 11) is 0. The normalized spacial score (nSPS) is 21.9. The molecule has 1 fully saturated rings. The standard InChI is InChI=1S/C22H24F3IN2O2/c1-21(2,3)28(20(27)29)11-17(12-28)30-13-15-5-4-6-18(19(15)22(23,24)25)14-7-9-16(26)10-8-14/h4-10,17H,11-13H2,1-3H3,(H-,27,29)/p+1.